The minimum atomic E-state index is 0.254. The van der Waals surface area contributed by atoms with Gasteiger partial charge >= 0.3 is 0 Å². The molecule has 128 valence electrons. The molecule has 0 aliphatic carbocycles. The van der Waals surface area contributed by atoms with Crippen molar-refractivity contribution < 1.29 is 14.2 Å². The number of nitrogens with zero attached hydrogens (tertiary/aromatic N) is 1. The molecule has 25 heavy (non-hydrogen) atoms. The maximum absolute atomic E-state index is 6.35. The average Bonchev–Trinajstić information content (AvgIpc) is 3.09. The summed E-state index contributed by atoms with van der Waals surface area (Å²) in [7, 11) is 0. The Morgan fingerprint density at radius 3 is 2.64 bits per heavy atom. The number of halogens is 1. The van der Waals surface area contributed by atoms with Gasteiger partial charge in [0.2, 0.25) is 6.79 Å². The number of benzene rings is 2. The summed E-state index contributed by atoms with van der Waals surface area (Å²) in [6.07, 6.45) is 6.08. The number of rotatable bonds is 5. The van der Waals surface area contributed by atoms with Crippen molar-refractivity contribution in [2.24, 2.45) is 0 Å². The highest BCUT2D eigenvalue weighted by Crippen LogP contribution is 2.37. The van der Waals surface area contributed by atoms with Gasteiger partial charge in [-0.3, -0.25) is 0 Å². The molecule has 2 aliphatic rings. The maximum atomic E-state index is 6.35. The van der Waals surface area contributed by atoms with E-state index in [0.29, 0.717) is 23.9 Å². The second-order valence-corrected chi connectivity index (χ2v) is 6.33. The molecule has 0 fully saturated rings. The summed E-state index contributed by atoms with van der Waals surface area (Å²) < 4.78 is 16.6. The first-order chi connectivity index (χ1) is 12.3. The summed E-state index contributed by atoms with van der Waals surface area (Å²) in [5.74, 6) is 2.35. The first kappa shape index (κ1) is 15.9. The largest absolute Gasteiger partial charge is 0.489 e. The molecule has 0 radical (unpaired) electrons. The standard InChI is InChI=1S/C20H18ClNO3/c21-18-11-20-19(24-14-25-20)10-16(18)12-22-8-6-17(7-9-22)23-13-15-4-2-1-3-5-15/h1-8,10-11H,9,12-14H2. The molecule has 4 nitrogen and oxygen atoms in total. The van der Waals surface area contributed by atoms with Crippen molar-refractivity contribution in [2.75, 3.05) is 13.3 Å². The summed E-state index contributed by atoms with van der Waals surface area (Å²) in [5, 5.41) is 0.688. The van der Waals surface area contributed by atoms with E-state index in [1.165, 1.54) is 0 Å². The Morgan fingerprint density at radius 1 is 1.08 bits per heavy atom. The number of fused-ring (bicyclic) bond motifs is 1. The van der Waals surface area contributed by atoms with Crippen LogP contribution in [-0.2, 0) is 17.9 Å². The van der Waals surface area contributed by atoms with E-state index < -0.39 is 0 Å². The molecule has 4 rings (SSSR count). The van der Waals surface area contributed by atoms with Gasteiger partial charge in [0, 0.05) is 30.4 Å². The van der Waals surface area contributed by atoms with E-state index >= 15 is 0 Å². The summed E-state index contributed by atoms with van der Waals surface area (Å²) in [6, 6.07) is 13.9. The Bertz CT molecular complexity index is 817. The Labute approximate surface area is 151 Å². The molecule has 2 aliphatic heterocycles. The van der Waals surface area contributed by atoms with E-state index in [4.69, 9.17) is 25.8 Å². The molecular formula is C20H18ClNO3. The van der Waals surface area contributed by atoms with Crippen LogP contribution in [0.4, 0.5) is 0 Å². The van der Waals surface area contributed by atoms with Gasteiger partial charge in [0.05, 0.1) is 0 Å². The monoisotopic (exact) mass is 355 g/mol. The van der Waals surface area contributed by atoms with E-state index in [-0.39, 0.29) is 6.79 Å². The van der Waals surface area contributed by atoms with Gasteiger partial charge < -0.3 is 19.1 Å². The summed E-state index contributed by atoms with van der Waals surface area (Å²) >= 11 is 6.35. The molecular weight excluding hydrogens is 338 g/mol. The van der Waals surface area contributed by atoms with Crippen molar-refractivity contribution in [3.05, 3.63) is 82.7 Å². The lowest BCUT2D eigenvalue weighted by Crippen LogP contribution is -2.20. The van der Waals surface area contributed by atoms with Crippen LogP contribution in [0, 0.1) is 0 Å². The van der Waals surface area contributed by atoms with Crippen LogP contribution >= 0.6 is 11.6 Å². The normalized spacial score (nSPS) is 15.2. The van der Waals surface area contributed by atoms with Crippen molar-refractivity contribution >= 4 is 11.6 Å². The third-order valence-electron chi connectivity index (χ3n) is 4.14. The highest BCUT2D eigenvalue weighted by molar-refractivity contribution is 6.31. The second-order valence-electron chi connectivity index (χ2n) is 5.92. The zero-order valence-electron chi connectivity index (χ0n) is 13.7. The Balaban J connectivity index is 1.34. The molecule has 0 amide bonds. The molecule has 0 spiro atoms. The zero-order chi connectivity index (χ0) is 17.1. The third-order valence-corrected chi connectivity index (χ3v) is 4.49. The van der Waals surface area contributed by atoms with Crippen molar-refractivity contribution in [1.29, 1.82) is 0 Å². The van der Waals surface area contributed by atoms with Crippen LogP contribution in [0.15, 0.2) is 66.6 Å². The van der Waals surface area contributed by atoms with Crippen LogP contribution in [0.3, 0.4) is 0 Å². The molecule has 0 bridgehead atoms. The maximum Gasteiger partial charge on any atom is 0.231 e. The van der Waals surface area contributed by atoms with E-state index in [1.807, 2.05) is 42.6 Å². The minimum Gasteiger partial charge on any atom is -0.489 e. The van der Waals surface area contributed by atoms with E-state index in [0.717, 1.165) is 29.2 Å². The lowest BCUT2D eigenvalue weighted by atomic mass is 10.1. The van der Waals surface area contributed by atoms with Gasteiger partial charge in [0.15, 0.2) is 11.5 Å². The molecule has 5 heteroatoms. The molecule has 0 aromatic heterocycles. The van der Waals surface area contributed by atoms with Crippen molar-refractivity contribution in [3.63, 3.8) is 0 Å². The SMILES string of the molecule is Clc1cc2c(cc1CN1C=CC(OCc3ccccc3)=CC1)OCO2. The van der Waals surface area contributed by atoms with Crippen LogP contribution in [0.5, 0.6) is 11.5 Å². The van der Waals surface area contributed by atoms with Crippen LogP contribution < -0.4 is 9.47 Å². The fraction of sp³-hybridized carbons (Fsp3) is 0.200. The van der Waals surface area contributed by atoms with Crippen LogP contribution in [0.2, 0.25) is 5.02 Å². The minimum absolute atomic E-state index is 0.254. The van der Waals surface area contributed by atoms with Crippen LogP contribution in [0.1, 0.15) is 11.1 Å². The molecule has 0 N–H and O–H groups in total. The van der Waals surface area contributed by atoms with Gasteiger partial charge in [-0.1, -0.05) is 41.9 Å². The zero-order valence-corrected chi connectivity index (χ0v) is 14.4. The van der Waals surface area contributed by atoms with E-state index in [9.17, 15) is 0 Å². The predicted molar refractivity (Wildman–Crippen MR) is 96.4 cm³/mol. The molecule has 0 saturated heterocycles. The average molecular weight is 356 g/mol. The summed E-state index contributed by atoms with van der Waals surface area (Å²) in [6.45, 7) is 2.30. The Kier molecular flexibility index (Phi) is 4.53. The third kappa shape index (κ3) is 3.74. The van der Waals surface area contributed by atoms with Gasteiger partial charge in [-0.25, -0.2) is 0 Å². The highest BCUT2D eigenvalue weighted by atomic mass is 35.5. The Morgan fingerprint density at radius 2 is 1.88 bits per heavy atom. The predicted octanol–water partition coefficient (Wildman–Crippen LogP) is 4.50. The highest BCUT2D eigenvalue weighted by Gasteiger charge is 2.17. The van der Waals surface area contributed by atoms with Gasteiger partial charge in [-0.2, -0.15) is 0 Å². The summed E-state index contributed by atoms with van der Waals surface area (Å²) in [5.41, 5.74) is 2.17. The molecule has 2 heterocycles. The molecule has 0 saturated carbocycles. The first-order valence-corrected chi connectivity index (χ1v) is 8.53. The molecule has 2 aromatic rings. The Hall–Kier alpha value is -2.59. The van der Waals surface area contributed by atoms with Crippen LogP contribution in [-0.4, -0.2) is 18.2 Å². The number of ether oxygens (including phenoxy) is 3. The molecule has 0 atom stereocenters. The lowest BCUT2D eigenvalue weighted by Gasteiger charge is -2.23. The quantitative estimate of drug-likeness (QED) is 0.790. The number of allylic oxidation sites excluding steroid dienone is 1. The van der Waals surface area contributed by atoms with Gasteiger partial charge in [-0.05, 0) is 29.3 Å². The fourth-order valence-corrected chi connectivity index (χ4v) is 2.99. The number of hydrogen-bond acceptors (Lipinski definition) is 4. The lowest BCUT2D eigenvalue weighted by molar-refractivity contribution is 0.174. The molecule has 0 unspecified atom stereocenters. The van der Waals surface area contributed by atoms with Crippen molar-refractivity contribution in [3.8, 4) is 11.5 Å². The number of hydrogen-bond donors (Lipinski definition) is 0. The smallest absolute Gasteiger partial charge is 0.231 e. The fourth-order valence-electron chi connectivity index (χ4n) is 2.78. The molecule has 2 aromatic carbocycles. The first-order valence-electron chi connectivity index (χ1n) is 8.15. The van der Waals surface area contributed by atoms with Crippen LogP contribution in [0.25, 0.3) is 0 Å². The van der Waals surface area contributed by atoms with Crippen molar-refractivity contribution in [2.45, 2.75) is 13.2 Å². The van der Waals surface area contributed by atoms with E-state index in [2.05, 4.69) is 23.1 Å². The topological polar surface area (TPSA) is 30.9 Å². The van der Waals surface area contributed by atoms with E-state index in [1.54, 1.807) is 0 Å². The van der Waals surface area contributed by atoms with Gasteiger partial charge in [0.1, 0.15) is 12.4 Å². The second kappa shape index (κ2) is 7.11. The summed E-state index contributed by atoms with van der Waals surface area (Å²) in [4.78, 5) is 2.17. The van der Waals surface area contributed by atoms with Crippen molar-refractivity contribution in [1.82, 2.24) is 4.90 Å². The van der Waals surface area contributed by atoms with Gasteiger partial charge in [0.25, 0.3) is 0 Å². The van der Waals surface area contributed by atoms with Gasteiger partial charge in [-0.15, -0.1) is 0 Å².